The smallest absolute Gasteiger partial charge is 0.0586 e. The molecule has 0 amide bonds. The number of unbranched alkanes of at least 4 members (excludes halogenated alkanes) is 3. The van der Waals surface area contributed by atoms with Crippen molar-refractivity contribution in [3.8, 4) is 0 Å². The number of rotatable bonds is 5. The summed E-state index contributed by atoms with van der Waals surface area (Å²) in [5.74, 6) is 0. The van der Waals surface area contributed by atoms with Crippen molar-refractivity contribution in [2.75, 3.05) is 0 Å². The molecule has 0 bridgehead atoms. The first-order valence-corrected chi connectivity index (χ1v) is 8.27. The van der Waals surface area contributed by atoms with Gasteiger partial charge < -0.3 is 11.5 Å². The van der Waals surface area contributed by atoms with E-state index in [-0.39, 0.29) is 0 Å². The van der Waals surface area contributed by atoms with Crippen molar-refractivity contribution in [3.63, 3.8) is 0 Å². The van der Waals surface area contributed by atoms with Crippen molar-refractivity contribution < 1.29 is 0 Å². The zero-order valence-corrected chi connectivity index (χ0v) is 14.0. The number of hydrogen-bond donors (Lipinski definition) is 2. The molecule has 0 fully saturated rings. The van der Waals surface area contributed by atoms with E-state index in [9.17, 15) is 0 Å². The summed E-state index contributed by atoms with van der Waals surface area (Å²) in [6.07, 6.45) is 16.1. The van der Waals surface area contributed by atoms with Crippen LogP contribution < -0.4 is 11.5 Å². The zero-order valence-electron chi connectivity index (χ0n) is 14.0. The predicted octanol–water partition coefficient (Wildman–Crippen LogP) is 4.79. The lowest BCUT2D eigenvalue weighted by atomic mass is 9.90. The third kappa shape index (κ3) is 7.28. The molecule has 2 rings (SSSR count). The second kappa shape index (κ2) is 10.0. The highest BCUT2D eigenvalue weighted by molar-refractivity contribution is 5.52. The van der Waals surface area contributed by atoms with Crippen LogP contribution in [0.1, 0.15) is 51.5 Å². The highest BCUT2D eigenvalue weighted by Gasteiger charge is 2.19. The maximum atomic E-state index is 6.20. The molecule has 0 radical (unpaired) electrons. The van der Waals surface area contributed by atoms with Crippen molar-refractivity contribution in [2.45, 2.75) is 51.5 Å². The van der Waals surface area contributed by atoms with Gasteiger partial charge in [-0.3, -0.25) is 0 Å². The summed E-state index contributed by atoms with van der Waals surface area (Å²) >= 11 is 0. The second-order valence-electron chi connectivity index (χ2n) is 5.81. The Morgan fingerprint density at radius 2 is 1.73 bits per heavy atom. The van der Waals surface area contributed by atoms with E-state index in [0.717, 1.165) is 17.7 Å². The fraction of sp³-hybridized carbons (Fsp3) is 0.400. The number of benzene rings is 1. The number of nitrogens with two attached hydrogens (primary N) is 2. The van der Waals surface area contributed by atoms with E-state index >= 15 is 0 Å². The van der Waals surface area contributed by atoms with Crippen LogP contribution in [0.15, 0.2) is 60.3 Å². The van der Waals surface area contributed by atoms with Crippen LogP contribution in [0.5, 0.6) is 0 Å². The lowest BCUT2D eigenvalue weighted by Crippen LogP contribution is -2.36. The molecular formula is C20H30N2. The van der Waals surface area contributed by atoms with Gasteiger partial charge in [-0.1, -0.05) is 88.1 Å². The maximum Gasteiger partial charge on any atom is 0.0586 e. The van der Waals surface area contributed by atoms with E-state index in [1.54, 1.807) is 0 Å². The predicted molar refractivity (Wildman–Crippen MR) is 98.2 cm³/mol. The second-order valence-corrected chi connectivity index (χ2v) is 5.81. The maximum absolute atomic E-state index is 6.20. The third-order valence-electron chi connectivity index (χ3n) is 3.56. The summed E-state index contributed by atoms with van der Waals surface area (Å²) in [5, 5.41) is 0. The molecule has 2 heteroatoms. The molecule has 1 unspecified atom stereocenters. The first-order valence-electron chi connectivity index (χ1n) is 8.27. The molecular weight excluding hydrogens is 268 g/mol. The van der Waals surface area contributed by atoms with Crippen LogP contribution in [0.25, 0.3) is 6.08 Å². The van der Waals surface area contributed by atoms with Gasteiger partial charge in [-0.25, -0.2) is 0 Å². The Bertz CT molecular complexity index is 496. The minimum absolute atomic E-state index is 0.450. The lowest BCUT2D eigenvalue weighted by molar-refractivity contribution is 0.656. The Morgan fingerprint density at radius 3 is 2.27 bits per heavy atom. The molecule has 1 atom stereocenters. The van der Waals surface area contributed by atoms with E-state index in [2.05, 4.69) is 13.8 Å². The lowest BCUT2D eigenvalue weighted by Gasteiger charge is -2.23. The molecule has 1 aliphatic rings. The third-order valence-corrected chi connectivity index (χ3v) is 3.56. The molecule has 0 saturated carbocycles. The summed E-state index contributed by atoms with van der Waals surface area (Å²) in [4.78, 5) is 0. The molecule has 1 aromatic carbocycles. The van der Waals surface area contributed by atoms with Crippen molar-refractivity contribution >= 4 is 6.08 Å². The van der Waals surface area contributed by atoms with Crippen molar-refractivity contribution in [3.05, 3.63) is 65.9 Å². The largest absolute Gasteiger partial charge is 0.399 e. The molecule has 1 aliphatic carbocycles. The number of allylic oxidation sites excluding steroid dienone is 1. The summed E-state index contributed by atoms with van der Waals surface area (Å²) < 4.78 is 0. The van der Waals surface area contributed by atoms with Crippen molar-refractivity contribution in [1.82, 2.24) is 0 Å². The molecule has 22 heavy (non-hydrogen) atoms. The van der Waals surface area contributed by atoms with Crippen LogP contribution in [0, 0.1) is 0 Å². The van der Waals surface area contributed by atoms with E-state index in [0.29, 0.717) is 0 Å². The highest BCUT2D eigenvalue weighted by atomic mass is 14.7. The van der Waals surface area contributed by atoms with Gasteiger partial charge in [-0.2, -0.15) is 0 Å². The molecule has 2 nitrogen and oxygen atoms in total. The van der Waals surface area contributed by atoms with Crippen molar-refractivity contribution in [1.29, 1.82) is 0 Å². The van der Waals surface area contributed by atoms with Crippen LogP contribution in [0.2, 0.25) is 0 Å². The average Bonchev–Trinajstić information content (AvgIpc) is 2.52. The molecule has 4 N–H and O–H groups in total. The van der Waals surface area contributed by atoms with Crippen LogP contribution in [-0.2, 0) is 0 Å². The summed E-state index contributed by atoms with van der Waals surface area (Å²) in [6, 6.07) is 10.1. The highest BCUT2D eigenvalue weighted by Crippen LogP contribution is 2.19. The molecule has 1 aromatic rings. The SMILES string of the molecule is CCCCCC.NC1=CC(N)(C=Cc2ccccc2)CC=C1. The van der Waals surface area contributed by atoms with E-state index in [4.69, 9.17) is 11.5 Å². The van der Waals surface area contributed by atoms with Crippen LogP contribution in [-0.4, -0.2) is 5.54 Å². The topological polar surface area (TPSA) is 52.0 Å². The minimum Gasteiger partial charge on any atom is -0.399 e. The van der Waals surface area contributed by atoms with Crippen LogP contribution in [0.3, 0.4) is 0 Å². The minimum atomic E-state index is -0.450. The van der Waals surface area contributed by atoms with Gasteiger partial charge in [-0.05, 0) is 24.1 Å². The molecule has 0 aliphatic heterocycles. The van der Waals surface area contributed by atoms with E-state index in [1.165, 1.54) is 25.7 Å². The normalized spacial score (nSPS) is 20.4. The Hall–Kier alpha value is -1.80. The monoisotopic (exact) mass is 298 g/mol. The van der Waals surface area contributed by atoms with Gasteiger partial charge in [0.2, 0.25) is 0 Å². The van der Waals surface area contributed by atoms with Gasteiger partial charge in [0.1, 0.15) is 0 Å². The van der Waals surface area contributed by atoms with Gasteiger partial charge in [0.25, 0.3) is 0 Å². The van der Waals surface area contributed by atoms with Gasteiger partial charge in [0, 0.05) is 5.70 Å². The Balaban J connectivity index is 0.000000346. The molecule has 0 spiro atoms. The molecule has 0 saturated heterocycles. The fourth-order valence-electron chi connectivity index (χ4n) is 2.25. The van der Waals surface area contributed by atoms with Gasteiger partial charge in [0.15, 0.2) is 0 Å². The van der Waals surface area contributed by atoms with Crippen molar-refractivity contribution in [2.24, 2.45) is 11.5 Å². The van der Waals surface area contributed by atoms with Gasteiger partial charge in [-0.15, -0.1) is 0 Å². The molecule has 0 heterocycles. The quantitative estimate of drug-likeness (QED) is 0.768. The zero-order chi connectivity index (χ0) is 16.3. The first kappa shape index (κ1) is 18.2. The van der Waals surface area contributed by atoms with E-state index in [1.807, 2.05) is 60.7 Å². The average molecular weight is 298 g/mol. The molecule has 0 aromatic heterocycles. The number of hydrogen-bond acceptors (Lipinski definition) is 2. The standard InChI is InChI=1S/C14H16N2.C6H14/c15-13-7-4-9-14(16,11-13)10-8-12-5-2-1-3-6-12;1-3-5-6-4-2/h1-8,10-11H,9,15-16H2;3-6H2,1-2H3. The molecule has 120 valence electrons. The summed E-state index contributed by atoms with van der Waals surface area (Å²) in [5.41, 5.74) is 13.4. The summed E-state index contributed by atoms with van der Waals surface area (Å²) in [7, 11) is 0. The fourth-order valence-corrected chi connectivity index (χ4v) is 2.25. The van der Waals surface area contributed by atoms with Crippen LogP contribution in [0.4, 0.5) is 0 Å². The first-order chi connectivity index (χ1) is 10.6. The van der Waals surface area contributed by atoms with Gasteiger partial charge >= 0.3 is 0 Å². The Kier molecular flexibility index (Phi) is 8.31. The Morgan fingerprint density at radius 1 is 1.09 bits per heavy atom. The van der Waals surface area contributed by atoms with E-state index < -0.39 is 5.54 Å². The van der Waals surface area contributed by atoms with Crippen LogP contribution >= 0.6 is 0 Å². The van der Waals surface area contributed by atoms with Gasteiger partial charge in [0.05, 0.1) is 5.54 Å². The summed E-state index contributed by atoms with van der Waals surface area (Å²) in [6.45, 7) is 4.46. The Labute approximate surface area is 135 Å².